The number of likely N-dealkylation sites (tertiary alicyclic amines) is 1. The highest BCUT2D eigenvalue weighted by molar-refractivity contribution is 5.19. The van der Waals surface area contributed by atoms with E-state index in [9.17, 15) is 4.79 Å². The number of hydrogen-bond acceptors (Lipinski definition) is 4. The van der Waals surface area contributed by atoms with Crippen LogP contribution in [0.5, 0.6) is 0 Å². The Labute approximate surface area is 146 Å². The fourth-order valence-electron chi connectivity index (χ4n) is 3.43. The monoisotopic (exact) mass is 335 g/mol. The molecule has 3 aromatic rings. The van der Waals surface area contributed by atoms with Gasteiger partial charge in [0.15, 0.2) is 5.82 Å². The van der Waals surface area contributed by atoms with Gasteiger partial charge in [0.1, 0.15) is 6.33 Å². The van der Waals surface area contributed by atoms with Gasteiger partial charge in [-0.1, -0.05) is 30.3 Å². The average molecular weight is 335 g/mol. The van der Waals surface area contributed by atoms with Crippen LogP contribution in [0, 0.1) is 0 Å². The van der Waals surface area contributed by atoms with Gasteiger partial charge in [0, 0.05) is 31.0 Å². The van der Waals surface area contributed by atoms with Crippen molar-refractivity contribution in [3.05, 3.63) is 77.1 Å². The molecule has 0 saturated carbocycles. The summed E-state index contributed by atoms with van der Waals surface area (Å²) < 4.78 is 3.40. The highest BCUT2D eigenvalue weighted by atomic mass is 16.1. The minimum Gasteiger partial charge on any atom is -0.294 e. The standard InChI is InChI=1S/C19H21N5O/c25-19-9-8-18(23-12-10-20-15-23)21-24(19)14-17-7-4-11-22(17)13-16-5-2-1-3-6-16/h1-3,5-6,8-10,12,15,17H,4,7,11,13-14H2. The van der Waals surface area contributed by atoms with Gasteiger partial charge in [0.25, 0.3) is 5.56 Å². The van der Waals surface area contributed by atoms with Crippen molar-refractivity contribution in [3.63, 3.8) is 0 Å². The fourth-order valence-corrected chi connectivity index (χ4v) is 3.43. The van der Waals surface area contributed by atoms with Gasteiger partial charge < -0.3 is 0 Å². The number of imidazole rings is 1. The predicted molar refractivity (Wildman–Crippen MR) is 95.5 cm³/mol. The van der Waals surface area contributed by atoms with E-state index < -0.39 is 0 Å². The van der Waals surface area contributed by atoms with Crippen molar-refractivity contribution in [2.24, 2.45) is 0 Å². The molecule has 0 N–H and O–H groups in total. The maximum absolute atomic E-state index is 12.3. The third-order valence-electron chi connectivity index (χ3n) is 4.73. The predicted octanol–water partition coefficient (Wildman–Crippen LogP) is 2.09. The van der Waals surface area contributed by atoms with Gasteiger partial charge in [-0.15, -0.1) is 0 Å². The molecule has 6 heteroatoms. The minimum absolute atomic E-state index is 0.0598. The highest BCUT2D eigenvalue weighted by Crippen LogP contribution is 2.21. The van der Waals surface area contributed by atoms with Crippen molar-refractivity contribution >= 4 is 0 Å². The third kappa shape index (κ3) is 3.53. The Morgan fingerprint density at radius 2 is 2.00 bits per heavy atom. The Bertz CT molecular complexity index is 872. The molecule has 128 valence electrons. The van der Waals surface area contributed by atoms with E-state index in [0.717, 1.165) is 25.9 Å². The number of aromatic nitrogens is 4. The van der Waals surface area contributed by atoms with Crippen LogP contribution in [0.3, 0.4) is 0 Å². The van der Waals surface area contributed by atoms with Crippen LogP contribution in [-0.4, -0.2) is 36.8 Å². The summed E-state index contributed by atoms with van der Waals surface area (Å²) in [5, 5.41) is 4.52. The number of rotatable bonds is 5. The first kappa shape index (κ1) is 15.8. The summed E-state index contributed by atoms with van der Waals surface area (Å²) in [6.45, 7) is 2.60. The first-order valence-corrected chi connectivity index (χ1v) is 8.64. The Kier molecular flexibility index (Phi) is 4.43. The molecule has 0 amide bonds. The molecule has 1 aliphatic heterocycles. The molecule has 4 rings (SSSR count). The molecule has 3 heterocycles. The van der Waals surface area contributed by atoms with Crippen LogP contribution in [0.2, 0.25) is 0 Å². The molecule has 0 spiro atoms. The van der Waals surface area contributed by atoms with Crippen LogP contribution in [-0.2, 0) is 13.1 Å². The number of hydrogen-bond donors (Lipinski definition) is 0. The molecule has 1 atom stereocenters. The summed E-state index contributed by atoms with van der Waals surface area (Å²) in [6.07, 6.45) is 7.47. The topological polar surface area (TPSA) is 56.0 Å². The maximum Gasteiger partial charge on any atom is 0.266 e. The summed E-state index contributed by atoms with van der Waals surface area (Å²) in [6, 6.07) is 14.1. The summed E-state index contributed by atoms with van der Waals surface area (Å²) in [4.78, 5) is 18.7. The highest BCUT2D eigenvalue weighted by Gasteiger charge is 2.25. The lowest BCUT2D eigenvalue weighted by atomic mass is 10.2. The molecule has 1 fully saturated rings. The normalized spacial score (nSPS) is 17.8. The van der Waals surface area contributed by atoms with Crippen LogP contribution in [0.15, 0.2) is 66.0 Å². The van der Waals surface area contributed by atoms with Crippen LogP contribution >= 0.6 is 0 Å². The van der Waals surface area contributed by atoms with Crippen molar-refractivity contribution in [2.45, 2.75) is 32.0 Å². The van der Waals surface area contributed by atoms with Crippen molar-refractivity contribution in [3.8, 4) is 5.82 Å². The Morgan fingerprint density at radius 1 is 1.12 bits per heavy atom. The van der Waals surface area contributed by atoms with Gasteiger partial charge in [0.05, 0.1) is 6.54 Å². The second-order valence-corrected chi connectivity index (χ2v) is 6.43. The SMILES string of the molecule is O=c1ccc(-n2ccnc2)nn1CC1CCCN1Cc1ccccc1. The van der Waals surface area contributed by atoms with Gasteiger partial charge in [-0.05, 0) is 31.0 Å². The molecule has 0 radical (unpaired) electrons. The van der Waals surface area contributed by atoms with Gasteiger partial charge >= 0.3 is 0 Å². The minimum atomic E-state index is -0.0598. The van der Waals surface area contributed by atoms with Crippen LogP contribution in [0.25, 0.3) is 5.82 Å². The molecule has 0 bridgehead atoms. The molecular weight excluding hydrogens is 314 g/mol. The smallest absolute Gasteiger partial charge is 0.266 e. The maximum atomic E-state index is 12.3. The first-order valence-electron chi connectivity index (χ1n) is 8.64. The van der Waals surface area contributed by atoms with Crippen LogP contribution < -0.4 is 5.56 Å². The van der Waals surface area contributed by atoms with Gasteiger partial charge in [0.2, 0.25) is 0 Å². The van der Waals surface area contributed by atoms with Crippen LogP contribution in [0.4, 0.5) is 0 Å². The Balaban J connectivity index is 1.53. The molecule has 6 nitrogen and oxygen atoms in total. The Morgan fingerprint density at radius 3 is 2.80 bits per heavy atom. The van der Waals surface area contributed by atoms with E-state index in [0.29, 0.717) is 18.4 Å². The van der Waals surface area contributed by atoms with Gasteiger partial charge in [-0.2, -0.15) is 5.10 Å². The van der Waals surface area contributed by atoms with Crippen molar-refractivity contribution in [1.82, 2.24) is 24.2 Å². The molecule has 1 aromatic carbocycles. The van der Waals surface area contributed by atoms with Crippen molar-refractivity contribution < 1.29 is 0 Å². The molecule has 25 heavy (non-hydrogen) atoms. The summed E-state index contributed by atoms with van der Waals surface area (Å²) in [5.74, 6) is 0.713. The van der Waals surface area contributed by atoms with Crippen LogP contribution in [0.1, 0.15) is 18.4 Å². The second kappa shape index (κ2) is 7.03. The molecule has 1 saturated heterocycles. The molecule has 2 aromatic heterocycles. The number of benzene rings is 1. The van der Waals surface area contributed by atoms with E-state index >= 15 is 0 Å². The van der Waals surface area contributed by atoms with Gasteiger partial charge in [-0.25, -0.2) is 9.67 Å². The second-order valence-electron chi connectivity index (χ2n) is 6.43. The van der Waals surface area contributed by atoms with E-state index in [1.54, 1.807) is 29.3 Å². The lowest BCUT2D eigenvalue weighted by molar-refractivity contribution is 0.216. The van der Waals surface area contributed by atoms with E-state index in [4.69, 9.17) is 0 Å². The zero-order valence-electron chi connectivity index (χ0n) is 14.0. The molecule has 1 unspecified atom stereocenters. The molecule has 1 aliphatic rings. The van der Waals surface area contributed by atoms with Gasteiger partial charge in [-0.3, -0.25) is 14.3 Å². The first-order chi connectivity index (χ1) is 12.3. The molecular formula is C19H21N5O. The Hall–Kier alpha value is -2.73. The van der Waals surface area contributed by atoms with E-state index in [1.807, 2.05) is 16.8 Å². The number of nitrogens with zero attached hydrogens (tertiary/aromatic N) is 5. The third-order valence-corrected chi connectivity index (χ3v) is 4.73. The lowest BCUT2D eigenvalue weighted by Gasteiger charge is -2.24. The summed E-state index contributed by atoms with van der Waals surface area (Å²) in [5.41, 5.74) is 1.25. The lowest BCUT2D eigenvalue weighted by Crippen LogP contribution is -2.36. The average Bonchev–Trinajstić information content (AvgIpc) is 3.30. The largest absolute Gasteiger partial charge is 0.294 e. The quantitative estimate of drug-likeness (QED) is 0.716. The van der Waals surface area contributed by atoms with Crippen molar-refractivity contribution in [1.29, 1.82) is 0 Å². The van der Waals surface area contributed by atoms with E-state index in [-0.39, 0.29) is 5.56 Å². The van der Waals surface area contributed by atoms with E-state index in [2.05, 4.69) is 39.2 Å². The summed E-state index contributed by atoms with van der Waals surface area (Å²) >= 11 is 0. The zero-order valence-corrected chi connectivity index (χ0v) is 14.0. The fraction of sp³-hybridized carbons (Fsp3) is 0.316. The molecule has 0 aliphatic carbocycles. The zero-order chi connectivity index (χ0) is 17.1. The van der Waals surface area contributed by atoms with E-state index in [1.165, 1.54) is 5.56 Å². The summed E-state index contributed by atoms with van der Waals surface area (Å²) in [7, 11) is 0. The van der Waals surface area contributed by atoms with Crippen molar-refractivity contribution in [2.75, 3.05) is 6.54 Å².